The molecule has 0 aliphatic heterocycles. The van der Waals surface area contributed by atoms with Crippen LogP contribution in [-0.4, -0.2) is 10.8 Å². The van der Waals surface area contributed by atoms with E-state index >= 15 is 0 Å². The van der Waals surface area contributed by atoms with E-state index in [1.54, 1.807) is 6.20 Å². The molecule has 4 nitrogen and oxygen atoms in total. The standard InChI is InChI=1S/C22H24N2O2/c23-19-13-11-18(12-14-19)21-16-24-22(26-21)15-20(25)10-6-2-5-9-17-7-3-1-4-8-17/h1,3-4,7-8,11-14,16H,2,5-6,9-10,15,23H2. The summed E-state index contributed by atoms with van der Waals surface area (Å²) in [4.78, 5) is 16.3. The maximum atomic E-state index is 12.1. The number of carbonyl (C=O) groups excluding carboxylic acids is 1. The number of aryl methyl sites for hydroxylation is 1. The van der Waals surface area contributed by atoms with Crippen LogP contribution >= 0.6 is 0 Å². The number of unbranched alkanes of at least 4 members (excludes halogenated alkanes) is 2. The number of Topliss-reactive ketones (excluding diaryl/α,β-unsaturated/α-hetero) is 1. The Labute approximate surface area is 154 Å². The van der Waals surface area contributed by atoms with E-state index in [0.29, 0.717) is 23.8 Å². The fourth-order valence-corrected chi connectivity index (χ4v) is 2.90. The van der Waals surface area contributed by atoms with Crippen LogP contribution in [0, 0.1) is 0 Å². The number of nitrogens with two attached hydrogens (primary N) is 1. The molecule has 3 aromatic rings. The second-order valence-electron chi connectivity index (χ2n) is 6.50. The Bertz CT molecular complexity index is 823. The van der Waals surface area contributed by atoms with Crippen molar-refractivity contribution in [1.29, 1.82) is 0 Å². The van der Waals surface area contributed by atoms with E-state index in [1.807, 2.05) is 30.3 Å². The highest BCUT2D eigenvalue weighted by Gasteiger charge is 2.11. The molecule has 2 N–H and O–H groups in total. The number of aromatic nitrogens is 1. The lowest BCUT2D eigenvalue weighted by atomic mass is 10.0. The smallest absolute Gasteiger partial charge is 0.202 e. The van der Waals surface area contributed by atoms with E-state index in [1.165, 1.54) is 5.56 Å². The Balaban J connectivity index is 1.39. The molecule has 0 atom stereocenters. The number of carbonyl (C=O) groups is 1. The molecule has 0 amide bonds. The number of hydrogen-bond donors (Lipinski definition) is 1. The van der Waals surface area contributed by atoms with Crippen LogP contribution in [0.25, 0.3) is 11.3 Å². The molecule has 0 bridgehead atoms. The van der Waals surface area contributed by atoms with Crippen molar-refractivity contribution in [2.24, 2.45) is 0 Å². The highest BCUT2D eigenvalue weighted by molar-refractivity contribution is 5.80. The fourth-order valence-electron chi connectivity index (χ4n) is 2.90. The lowest BCUT2D eigenvalue weighted by molar-refractivity contribution is -0.118. The van der Waals surface area contributed by atoms with Gasteiger partial charge in [-0.05, 0) is 49.1 Å². The summed E-state index contributed by atoms with van der Waals surface area (Å²) >= 11 is 0. The molecule has 0 spiro atoms. The number of nitrogens with zero attached hydrogens (tertiary/aromatic N) is 1. The topological polar surface area (TPSA) is 69.1 Å². The van der Waals surface area contributed by atoms with Gasteiger partial charge in [0.15, 0.2) is 5.76 Å². The number of benzene rings is 2. The summed E-state index contributed by atoms with van der Waals surface area (Å²) in [5, 5.41) is 0. The monoisotopic (exact) mass is 348 g/mol. The molecule has 3 rings (SSSR count). The van der Waals surface area contributed by atoms with Crippen LogP contribution in [0.2, 0.25) is 0 Å². The highest BCUT2D eigenvalue weighted by Crippen LogP contribution is 2.22. The SMILES string of the molecule is Nc1ccc(-c2cnc(CC(=O)CCCCCc3ccccc3)o2)cc1. The lowest BCUT2D eigenvalue weighted by Crippen LogP contribution is -2.02. The van der Waals surface area contributed by atoms with Gasteiger partial charge in [-0.2, -0.15) is 0 Å². The molecule has 4 heteroatoms. The normalized spacial score (nSPS) is 10.8. The zero-order valence-electron chi connectivity index (χ0n) is 14.9. The predicted molar refractivity (Wildman–Crippen MR) is 104 cm³/mol. The zero-order chi connectivity index (χ0) is 18.2. The van der Waals surface area contributed by atoms with Crippen LogP contribution < -0.4 is 5.73 Å². The fraction of sp³-hybridized carbons (Fsp3) is 0.273. The maximum Gasteiger partial charge on any atom is 0.202 e. The molecular weight excluding hydrogens is 324 g/mol. The van der Waals surface area contributed by atoms with Crippen LogP contribution in [0.5, 0.6) is 0 Å². The lowest BCUT2D eigenvalue weighted by Gasteiger charge is -2.01. The van der Waals surface area contributed by atoms with Gasteiger partial charge in [-0.3, -0.25) is 4.79 Å². The van der Waals surface area contributed by atoms with Gasteiger partial charge in [-0.25, -0.2) is 4.98 Å². The largest absolute Gasteiger partial charge is 0.440 e. The van der Waals surface area contributed by atoms with Crippen molar-refractivity contribution in [3.63, 3.8) is 0 Å². The molecule has 0 fully saturated rings. The Morgan fingerprint density at radius 1 is 0.962 bits per heavy atom. The van der Waals surface area contributed by atoms with Gasteiger partial charge in [-0.1, -0.05) is 36.8 Å². The molecule has 0 saturated carbocycles. The summed E-state index contributed by atoms with van der Waals surface area (Å²) in [7, 11) is 0. The van der Waals surface area contributed by atoms with Gasteiger partial charge in [0.2, 0.25) is 5.89 Å². The average molecular weight is 348 g/mol. The molecule has 0 saturated heterocycles. The molecule has 134 valence electrons. The van der Waals surface area contributed by atoms with E-state index < -0.39 is 0 Å². The Morgan fingerprint density at radius 3 is 2.50 bits per heavy atom. The first-order valence-electron chi connectivity index (χ1n) is 9.07. The van der Waals surface area contributed by atoms with Crippen molar-refractivity contribution in [2.45, 2.75) is 38.5 Å². The van der Waals surface area contributed by atoms with Crippen molar-refractivity contribution >= 4 is 11.5 Å². The zero-order valence-corrected chi connectivity index (χ0v) is 14.9. The summed E-state index contributed by atoms with van der Waals surface area (Å²) in [6.07, 6.45) is 6.65. The molecule has 1 aromatic heterocycles. The third-order valence-corrected chi connectivity index (χ3v) is 4.36. The second kappa shape index (κ2) is 8.99. The van der Waals surface area contributed by atoms with E-state index in [0.717, 1.165) is 31.2 Å². The molecule has 0 unspecified atom stereocenters. The predicted octanol–water partition coefficient (Wildman–Crippen LogP) is 4.84. The van der Waals surface area contributed by atoms with E-state index in [2.05, 4.69) is 29.2 Å². The Hall–Kier alpha value is -2.88. The molecule has 26 heavy (non-hydrogen) atoms. The summed E-state index contributed by atoms with van der Waals surface area (Å²) in [5.41, 5.74) is 8.65. The summed E-state index contributed by atoms with van der Waals surface area (Å²) in [6, 6.07) is 17.8. The number of nitrogen functional groups attached to an aromatic ring is 1. The van der Waals surface area contributed by atoms with Crippen LogP contribution in [0.4, 0.5) is 5.69 Å². The van der Waals surface area contributed by atoms with Crippen molar-refractivity contribution in [3.05, 3.63) is 72.2 Å². The van der Waals surface area contributed by atoms with Gasteiger partial charge in [0, 0.05) is 17.7 Å². The molecule has 0 aliphatic carbocycles. The summed E-state index contributed by atoms with van der Waals surface area (Å²) in [6.45, 7) is 0. The van der Waals surface area contributed by atoms with Crippen LogP contribution in [0.3, 0.4) is 0 Å². The van der Waals surface area contributed by atoms with Crippen LogP contribution in [0.1, 0.15) is 37.1 Å². The first kappa shape index (κ1) is 17.9. The maximum absolute atomic E-state index is 12.1. The Morgan fingerprint density at radius 2 is 1.73 bits per heavy atom. The van der Waals surface area contributed by atoms with Gasteiger partial charge >= 0.3 is 0 Å². The summed E-state index contributed by atoms with van der Waals surface area (Å²) < 4.78 is 5.69. The second-order valence-corrected chi connectivity index (χ2v) is 6.50. The van der Waals surface area contributed by atoms with Crippen molar-refractivity contribution in [2.75, 3.05) is 5.73 Å². The molecule has 1 heterocycles. The van der Waals surface area contributed by atoms with Crippen LogP contribution in [-0.2, 0) is 17.6 Å². The van der Waals surface area contributed by atoms with E-state index in [4.69, 9.17) is 10.2 Å². The average Bonchev–Trinajstić information content (AvgIpc) is 3.11. The third kappa shape index (κ3) is 5.31. The molecule has 2 aromatic carbocycles. The summed E-state index contributed by atoms with van der Waals surface area (Å²) in [5.74, 6) is 1.32. The van der Waals surface area contributed by atoms with E-state index in [-0.39, 0.29) is 12.2 Å². The first-order chi connectivity index (χ1) is 12.7. The van der Waals surface area contributed by atoms with Gasteiger partial charge in [0.1, 0.15) is 5.78 Å². The molecule has 0 aliphatic rings. The van der Waals surface area contributed by atoms with E-state index in [9.17, 15) is 4.79 Å². The minimum Gasteiger partial charge on any atom is -0.440 e. The highest BCUT2D eigenvalue weighted by atomic mass is 16.4. The van der Waals surface area contributed by atoms with Gasteiger partial charge in [0.25, 0.3) is 0 Å². The molecular formula is C22H24N2O2. The third-order valence-electron chi connectivity index (χ3n) is 4.36. The number of hydrogen-bond acceptors (Lipinski definition) is 4. The van der Waals surface area contributed by atoms with Gasteiger partial charge in [-0.15, -0.1) is 0 Å². The van der Waals surface area contributed by atoms with Crippen LogP contribution in [0.15, 0.2) is 65.2 Å². The minimum absolute atomic E-state index is 0.176. The van der Waals surface area contributed by atoms with Crippen molar-refractivity contribution < 1.29 is 9.21 Å². The number of ketones is 1. The van der Waals surface area contributed by atoms with Crippen molar-refractivity contribution in [3.8, 4) is 11.3 Å². The number of anilines is 1. The Kier molecular flexibility index (Phi) is 6.20. The number of oxazole rings is 1. The number of rotatable bonds is 9. The van der Waals surface area contributed by atoms with Gasteiger partial charge in [0.05, 0.1) is 12.6 Å². The van der Waals surface area contributed by atoms with Gasteiger partial charge < -0.3 is 10.2 Å². The van der Waals surface area contributed by atoms with Crippen molar-refractivity contribution in [1.82, 2.24) is 4.98 Å². The quantitative estimate of drug-likeness (QED) is 0.444. The molecule has 0 radical (unpaired) electrons. The minimum atomic E-state index is 0.176. The first-order valence-corrected chi connectivity index (χ1v) is 9.07.